The van der Waals surface area contributed by atoms with Gasteiger partial charge >= 0.3 is 19.8 Å². The fraction of sp³-hybridized carbons (Fsp3) is 0.659. The zero-order valence-electron chi connectivity index (χ0n) is 31.8. The van der Waals surface area contributed by atoms with Crippen LogP contribution < -0.4 is 5.73 Å². The number of carbonyl (C=O) groups excluding carboxylic acids is 2. The zero-order valence-corrected chi connectivity index (χ0v) is 32.7. The second-order valence-corrected chi connectivity index (χ2v) is 13.9. The Bertz CT molecular complexity index is 1070. The molecule has 0 fully saturated rings. The van der Waals surface area contributed by atoms with Crippen LogP contribution in [0.25, 0.3) is 0 Å². The molecule has 0 rings (SSSR count). The quantitative estimate of drug-likeness (QED) is 0.0282. The van der Waals surface area contributed by atoms with Crippen molar-refractivity contribution < 1.29 is 37.6 Å². The normalized spacial score (nSPS) is 14.2. The van der Waals surface area contributed by atoms with Crippen LogP contribution in [0.3, 0.4) is 0 Å². The van der Waals surface area contributed by atoms with Crippen molar-refractivity contribution in [3.8, 4) is 0 Å². The minimum atomic E-state index is -4.39. The second kappa shape index (κ2) is 37.2. The molecule has 2 atom stereocenters. The van der Waals surface area contributed by atoms with Gasteiger partial charge in [0.15, 0.2) is 6.10 Å². The van der Waals surface area contributed by atoms with Gasteiger partial charge in [0.25, 0.3) is 0 Å². The largest absolute Gasteiger partial charge is 0.472 e. The van der Waals surface area contributed by atoms with Gasteiger partial charge in [-0.2, -0.15) is 0 Å². The van der Waals surface area contributed by atoms with Gasteiger partial charge in [0.1, 0.15) is 6.61 Å². The molecule has 0 aromatic rings. The number of rotatable bonds is 35. The molecule has 0 aliphatic rings. The molecule has 9 nitrogen and oxygen atoms in total. The monoisotopic (exact) mass is 735 g/mol. The third-order valence-corrected chi connectivity index (χ3v) is 8.56. The van der Waals surface area contributed by atoms with Crippen molar-refractivity contribution in [1.82, 2.24) is 0 Å². The number of allylic oxidation sites excluding steroid dienone is 12. The van der Waals surface area contributed by atoms with E-state index in [2.05, 4.69) is 86.8 Å². The lowest BCUT2D eigenvalue weighted by Gasteiger charge is -2.19. The Balaban J connectivity index is 4.33. The number of hydrogen-bond acceptors (Lipinski definition) is 8. The lowest BCUT2D eigenvalue weighted by molar-refractivity contribution is -0.161. The average molecular weight is 736 g/mol. The van der Waals surface area contributed by atoms with Crippen molar-refractivity contribution >= 4 is 19.8 Å². The van der Waals surface area contributed by atoms with Gasteiger partial charge in [0, 0.05) is 19.4 Å². The van der Waals surface area contributed by atoms with E-state index in [0.29, 0.717) is 12.8 Å². The first-order valence-electron chi connectivity index (χ1n) is 19.4. The third kappa shape index (κ3) is 37.0. The molecule has 0 bridgehead atoms. The fourth-order valence-electron chi connectivity index (χ4n) is 4.71. The molecular formula is C41H70NO8P. The molecule has 0 radical (unpaired) electrons. The van der Waals surface area contributed by atoms with Crippen LogP contribution in [0.1, 0.15) is 142 Å². The molecule has 0 saturated carbocycles. The molecule has 0 aromatic heterocycles. The van der Waals surface area contributed by atoms with Crippen molar-refractivity contribution in [2.75, 3.05) is 26.4 Å². The molecule has 2 unspecified atom stereocenters. The number of esters is 2. The van der Waals surface area contributed by atoms with E-state index in [0.717, 1.165) is 83.5 Å². The van der Waals surface area contributed by atoms with Crippen LogP contribution in [0.15, 0.2) is 72.9 Å². The van der Waals surface area contributed by atoms with Crippen molar-refractivity contribution in [1.29, 1.82) is 0 Å². The Morgan fingerprint density at radius 3 is 1.65 bits per heavy atom. The maximum atomic E-state index is 12.5. The van der Waals surface area contributed by atoms with E-state index in [4.69, 9.17) is 24.3 Å². The van der Waals surface area contributed by atoms with E-state index in [9.17, 15) is 19.0 Å². The van der Waals surface area contributed by atoms with Gasteiger partial charge in [0.2, 0.25) is 0 Å². The molecule has 0 saturated heterocycles. The summed E-state index contributed by atoms with van der Waals surface area (Å²) in [4.78, 5) is 34.7. The summed E-state index contributed by atoms with van der Waals surface area (Å²) in [5, 5.41) is 0. The Morgan fingerprint density at radius 1 is 0.608 bits per heavy atom. The van der Waals surface area contributed by atoms with E-state index < -0.39 is 32.5 Å². The van der Waals surface area contributed by atoms with Gasteiger partial charge < -0.3 is 20.1 Å². The minimum Gasteiger partial charge on any atom is -0.462 e. The fourth-order valence-corrected chi connectivity index (χ4v) is 5.48. The molecular weight excluding hydrogens is 665 g/mol. The van der Waals surface area contributed by atoms with E-state index in [1.54, 1.807) is 0 Å². The number of unbranched alkanes of at least 4 members (excludes halogenated alkanes) is 10. The molecule has 0 aromatic carbocycles. The van der Waals surface area contributed by atoms with Gasteiger partial charge in [0.05, 0.1) is 13.2 Å². The molecule has 0 aliphatic carbocycles. The number of ether oxygens (including phenoxy) is 2. The van der Waals surface area contributed by atoms with Crippen LogP contribution in [0.5, 0.6) is 0 Å². The Kier molecular flexibility index (Phi) is 35.4. The van der Waals surface area contributed by atoms with Crippen molar-refractivity contribution in [2.24, 2.45) is 5.73 Å². The van der Waals surface area contributed by atoms with Crippen molar-refractivity contribution in [3.05, 3.63) is 72.9 Å². The first kappa shape index (κ1) is 48.5. The maximum absolute atomic E-state index is 12.5. The number of nitrogens with two attached hydrogens (primary N) is 1. The highest BCUT2D eigenvalue weighted by Gasteiger charge is 2.25. The van der Waals surface area contributed by atoms with Gasteiger partial charge in [-0.15, -0.1) is 0 Å². The summed E-state index contributed by atoms with van der Waals surface area (Å²) in [7, 11) is -4.39. The van der Waals surface area contributed by atoms with Crippen LogP contribution >= 0.6 is 7.82 Å². The highest BCUT2D eigenvalue weighted by Crippen LogP contribution is 2.43. The van der Waals surface area contributed by atoms with Crippen LogP contribution in [0.2, 0.25) is 0 Å². The Morgan fingerprint density at radius 2 is 1.08 bits per heavy atom. The molecule has 0 amide bonds. The molecule has 0 heterocycles. The summed E-state index contributed by atoms with van der Waals surface area (Å²) >= 11 is 0. The summed E-state index contributed by atoms with van der Waals surface area (Å²) < 4.78 is 32.6. The molecule has 51 heavy (non-hydrogen) atoms. The first-order chi connectivity index (χ1) is 24.8. The molecule has 3 N–H and O–H groups in total. The summed E-state index contributed by atoms with van der Waals surface area (Å²) in [6, 6.07) is 0. The first-order valence-corrected chi connectivity index (χ1v) is 20.9. The summed E-state index contributed by atoms with van der Waals surface area (Å²) in [6.45, 7) is 3.49. The van der Waals surface area contributed by atoms with Gasteiger partial charge in [-0.05, 0) is 83.5 Å². The number of phosphoric acid groups is 1. The molecule has 0 spiro atoms. The molecule has 0 aliphatic heterocycles. The lowest BCUT2D eigenvalue weighted by atomic mass is 10.1. The van der Waals surface area contributed by atoms with Crippen LogP contribution in [0.4, 0.5) is 0 Å². The topological polar surface area (TPSA) is 134 Å². The lowest BCUT2D eigenvalue weighted by Crippen LogP contribution is -2.29. The minimum absolute atomic E-state index is 0.0413. The van der Waals surface area contributed by atoms with Crippen LogP contribution in [-0.2, 0) is 32.7 Å². The van der Waals surface area contributed by atoms with Gasteiger partial charge in [-0.3, -0.25) is 18.6 Å². The van der Waals surface area contributed by atoms with E-state index in [-0.39, 0.29) is 32.6 Å². The second-order valence-electron chi connectivity index (χ2n) is 12.4. The Labute approximate surface area is 310 Å². The molecule has 292 valence electrons. The third-order valence-electron chi connectivity index (χ3n) is 7.58. The summed E-state index contributed by atoms with van der Waals surface area (Å²) in [5.41, 5.74) is 5.33. The van der Waals surface area contributed by atoms with E-state index in [1.165, 1.54) is 19.3 Å². The Hall–Kier alpha value is -2.55. The molecule has 10 heteroatoms. The maximum Gasteiger partial charge on any atom is 0.472 e. The van der Waals surface area contributed by atoms with Crippen LogP contribution in [-0.4, -0.2) is 49.3 Å². The van der Waals surface area contributed by atoms with E-state index >= 15 is 0 Å². The standard InChI is InChI=1S/C41H70NO8P/c1-3-5-7-9-11-13-15-17-19-21-23-25-27-29-31-33-40(43)47-37-39(38-49-51(45,46)48-36-35-42)50-41(44)34-32-30-28-26-24-22-20-18-16-14-12-10-8-6-4-2/h6,8,11-14,17-20,23,25,39H,3-5,7,9-10,15-16,21-22,24,26-38,42H2,1-2H3,(H,45,46). The summed E-state index contributed by atoms with van der Waals surface area (Å²) in [6.07, 6.45) is 43.6. The van der Waals surface area contributed by atoms with Gasteiger partial charge in [-0.1, -0.05) is 119 Å². The van der Waals surface area contributed by atoms with Gasteiger partial charge in [-0.25, -0.2) is 4.57 Å². The predicted molar refractivity (Wildman–Crippen MR) is 210 cm³/mol. The zero-order chi connectivity index (χ0) is 37.5. The van der Waals surface area contributed by atoms with E-state index in [1.807, 2.05) is 0 Å². The smallest absolute Gasteiger partial charge is 0.462 e. The van der Waals surface area contributed by atoms with Crippen molar-refractivity contribution in [2.45, 2.75) is 148 Å². The number of carbonyl (C=O) groups is 2. The highest BCUT2D eigenvalue weighted by atomic mass is 31.2. The number of phosphoric ester groups is 1. The number of hydrogen-bond donors (Lipinski definition) is 2. The van der Waals surface area contributed by atoms with Crippen LogP contribution in [0, 0.1) is 0 Å². The predicted octanol–water partition coefficient (Wildman–Crippen LogP) is 10.7. The SMILES string of the molecule is CCC=CCC=CCC=CCCCCCCCC(=O)OC(COC(=O)CCCCC=CCC=CCC=CCCCCC)COP(=O)(O)OCCN. The summed E-state index contributed by atoms with van der Waals surface area (Å²) in [5.74, 6) is -0.902. The van der Waals surface area contributed by atoms with Crippen molar-refractivity contribution in [3.63, 3.8) is 0 Å². The average Bonchev–Trinajstić information content (AvgIpc) is 3.11. The highest BCUT2D eigenvalue weighted by molar-refractivity contribution is 7.47.